The molecule has 1 aromatic heterocycles. The summed E-state index contributed by atoms with van der Waals surface area (Å²) in [6.45, 7) is 7.07. The first kappa shape index (κ1) is 16.0. The van der Waals surface area contributed by atoms with Crippen LogP contribution in [0.15, 0.2) is 6.07 Å². The van der Waals surface area contributed by atoms with Gasteiger partial charge < -0.3 is 10.6 Å². The van der Waals surface area contributed by atoms with Crippen LogP contribution in [0.4, 0.5) is 11.6 Å². The van der Waals surface area contributed by atoms with E-state index in [0.29, 0.717) is 24.0 Å². The Hall–Kier alpha value is -1.37. The summed E-state index contributed by atoms with van der Waals surface area (Å²) in [5.74, 6) is 3.23. The minimum atomic E-state index is -2.88. The normalized spacial score (nSPS) is 20.7. The zero-order chi connectivity index (χ0) is 15.5. The van der Waals surface area contributed by atoms with Crippen LogP contribution >= 0.6 is 0 Å². The van der Waals surface area contributed by atoms with Crippen LogP contribution in [-0.2, 0) is 9.84 Å². The maximum Gasteiger partial charge on any atom is 0.152 e. The van der Waals surface area contributed by atoms with Gasteiger partial charge in [0.05, 0.1) is 11.5 Å². The Morgan fingerprint density at radius 3 is 2.67 bits per heavy atom. The SMILES string of the molecule is Cc1nc(NCCC(C)C)cc(NC2CCS(=O)(=O)C2)n1. The fraction of sp³-hybridized carbons (Fsp3) is 0.714. The molecule has 2 heterocycles. The molecular formula is C14H24N4O2S. The van der Waals surface area contributed by atoms with Gasteiger partial charge in [0.1, 0.15) is 17.5 Å². The van der Waals surface area contributed by atoms with Crippen LogP contribution in [0.3, 0.4) is 0 Å². The van der Waals surface area contributed by atoms with Gasteiger partial charge in [0.2, 0.25) is 0 Å². The van der Waals surface area contributed by atoms with Crippen molar-refractivity contribution in [1.82, 2.24) is 9.97 Å². The van der Waals surface area contributed by atoms with Crippen molar-refractivity contribution in [2.24, 2.45) is 5.92 Å². The number of aromatic nitrogens is 2. The lowest BCUT2D eigenvalue weighted by Crippen LogP contribution is -2.21. The summed E-state index contributed by atoms with van der Waals surface area (Å²) in [5.41, 5.74) is 0. The summed E-state index contributed by atoms with van der Waals surface area (Å²) in [6, 6.07) is 1.80. The molecule has 1 aliphatic heterocycles. The van der Waals surface area contributed by atoms with Gasteiger partial charge in [-0.05, 0) is 25.7 Å². The van der Waals surface area contributed by atoms with E-state index in [-0.39, 0.29) is 17.5 Å². The number of aryl methyl sites for hydroxylation is 1. The maximum atomic E-state index is 11.5. The van der Waals surface area contributed by atoms with Crippen molar-refractivity contribution in [3.8, 4) is 0 Å². The summed E-state index contributed by atoms with van der Waals surface area (Å²) in [6.07, 6.45) is 1.72. The Balaban J connectivity index is 1.98. The highest BCUT2D eigenvalue weighted by Gasteiger charge is 2.28. The van der Waals surface area contributed by atoms with E-state index in [1.54, 1.807) is 0 Å². The van der Waals surface area contributed by atoms with E-state index in [4.69, 9.17) is 0 Å². The number of hydrogen-bond donors (Lipinski definition) is 2. The molecule has 0 spiro atoms. The van der Waals surface area contributed by atoms with Gasteiger partial charge in [-0.1, -0.05) is 13.8 Å². The van der Waals surface area contributed by atoms with Gasteiger partial charge in [0, 0.05) is 18.7 Å². The number of anilines is 2. The fourth-order valence-electron chi connectivity index (χ4n) is 2.34. The van der Waals surface area contributed by atoms with Gasteiger partial charge >= 0.3 is 0 Å². The van der Waals surface area contributed by atoms with Crippen LogP contribution in [0, 0.1) is 12.8 Å². The molecule has 21 heavy (non-hydrogen) atoms. The Kier molecular flexibility index (Phi) is 5.03. The second-order valence-corrected chi connectivity index (χ2v) is 8.27. The quantitative estimate of drug-likeness (QED) is 0.834. The molecule has 7 heteroatoms. The average Bonchev–Trinajstić information content (AvgIpc) is 2.67. The molecule has 118 valence electrons. The number of nitrogens with one attached hydrogen (secondary N) is 2. The van der Waals surface area contributed by atoms with Crippen LogP contribution in [-0.4, -0.2) is 42.5 Å². The van der Waals surface area contributed by atoms with E-state index in [2.05, 4.69) is 34.4 Å². The van der Waals surface area contributed by atoms with Gasteiger partial charge in [-0.25, -0.2) is 18.4 Å². The van der Waals surface area contributed by atoms with Crippen LogP contribution in [0.25, 0.3) is 0 Å². The first-order chi connectivity index (χ1) is 9.84. The topological polar surface area (TPSA) is 84.0 Å². The molecule has 1 aliphatic rings. The Morgan fingerprint density at radius 1 is 1.33 bits per heavy atom. The summed E-state index contributed by atoms with van der Waals surface area (Å²) >= 11 is 0. The van der Waals surface area contributed by atoms with Gasteiger partial charge in [-0.15, -0.1) is 0 Å². The summed E-state index contributed by atoms with van der Waals surface area (Å²) in [7, 11) is -2.88. The second-order valence-electron chi connectivity index (χ2n) is 6.04. The summed E-state index contributed by atoms with van der Waals surface area (Å²) in [5, 5.41) is 6.50. The van der Waals surface area contributed by atoms with Gasteiger partial charge in [-0.2, -0.15) is 0 Å². The van der Waals surface area contributed by atoms with Crippen LogP contribution in [0.2, 0.25) is 0 Å². The highest BCUT2D eigenvalue weighted by Crippen LogP contribution is 2.18. The van der Waals surface area contributed by atoms with Gasteiger partial charge in [-0.3, -0.25) is 0 Å². The lowest BCUT2D eigenvalue weighted by molar-refractivity contribution is 0.602. The van der Waals surface area contributed by atoms with E-state index in [1.165, 1.54) is 0 Å². The van der Waals surface area contributed by atoms with E-state index >= 15 is 0 Å². The maximum absolute atomic E-state index is 11.5. The number of hydrogen-bond acceptors (Lipinski definition) is 6. The van der Waals surface area contributed by atoms with E-state index in [0.717, 1.165) is 18.8 Å². The highest BCUT2D eigenvalue weighted by molar-refractivity contribution is 7.91. The first-order valence-corrected chi connectivity index (χ1v) is 9.23. The fourth-order valence-corrected chi connectivity index (χ4v) is 4.01. The molecule has 1 unspecified atom stereocenters. The molecule has 0 aromatic carbocycles. The Labute approximate surface area is 126 Å². The average molecular weight is 312 g/mol. The number of sulfone groups is 1. The number of rotatable bonds is 6. The van der Waals surface area contributed by atoms with Crippen molar-refractivity contribution >= 4 is 21.5 Å². The van der Waals surface area contributed by atoms with Crippen molar-refractivity contribution in [3.05, 3.63) is 11.9 Å². The molecule has 0 radical (unpaired) electrons. The summed E-state index contributed by atoms with van der Waals surface area (Å²) < 4.78 is 23.0. The lowest BCUT2D eigenvalue weighted by Gasteiger charge is -2.14. The van der Waals surface area contributed by atoms with Crippen LogP contribution in [0.5, 0.6) is 0 Å². The molecule has 0 bridgehead atoms. The molecule has 2 N–H and O–H groups in total. The molecular weight excluding hydrogens is 288 g/mol. The standard InChI is InChI=1S/C14H24N4O2S/c1-10(2)4-6-15-13-8-14(17-11(3)16-13)18-12-5-7-21(19,20)9-12/h8,10,12H,4-7,9H2,1-3H3,(H2,15,16,17,18). The molecule has 1 fully saturated rings. The van der Waals surface area contributed by atoms with Gasteiger partial charge in [0.25, 0.3) is 0 Å². The molecule has 0 amide bonds. The third-order valence-corrected chi connectivity index (χ3v) is 5.22. The minimum absolute atomic E-state index is 0.0483. The number of nitrogens with zero attached hydrogens (tertiary/aromatic N) is 2. The summed E-state index contributed by atoms with van der Waals surface area (Å²) in [4.78, 5) is 8.68. The van der Waals surface area contributed by atoms with Crippen molar-refractivity contribution in [3.63, 3.8) is 0 Å². The zero-order valence-corrected chi connectivity index (χ0v) is 13.7. The molecule has 0 saturated carbocycles. The molecule has 1 atom stereocenters. The highest BCUT2D eigenvalue weighted by atomic mass is 32.2. The van der Waals surface area contributed by atoms with Crippen LogP contribution < -0.4 is 10.6 Å². The predicted octanol–water partition coefficient (Wildman–Crippen LogP) is 1.84. The van der Waals surface area contributed by atoms with E-state index in [9.17, 15) is 8.42 Å². The Bertz CT molecular complexity index is 587. The van der Waals surface area contributed by atoms with Crippen molar-refractivity contribution < 1.29 is 8.42 Å². The van der Waals surface area contributed by atoms with Crippen molar-refractivity contribution in [1.29, 1.82) is 0 Å². The third kappa shape index (κ3) is 5.15. The Morgan fingerprint density at radius 2 is 2.05 bits per heavy atom. The van der Waals surface area contributed by atoms with E-state index in [1.807, 2.05) is 13.0 Å². The molecule has 1 aromatic rings. The second kappa shape index (κ2) is 6.60. The zero-order valence-electron chi connectivity index (χ0n) is 12.9. The predicted molar refractivity (Wildman–Crippen MR) is 85.4 cm³/mol. The van der Waals surface area contributed by atoms with Crippen molar-refractivity contribution in [2.75, 3.05) is 28.7 Å². The van der Waals surface area contributed by atoms with Crippen molar-refractivity contribution in [2.45, 2.75) is 39.7 Å². The van der Waals surface area contributed by atoms with E-state index < -0.39 is 9.84 Å². The first-order valence-electron chi connectivity index (χ1n) is 7.40. The minimum Gasteiger partial charge on any atom is -0.370 e. The van der Waals surface area contributed by atoms with Gasteiger partial charge in [0.15, 0.2) is 9.84 Å². The molecule has 6 nitrogen and oxygen atoms in total. The third-order valence-electron chi connectivity index (χ3n) is 3.45. The largest absolute Gasteiger partial charge is 0.370 e. The lowest BCUT2D eigenvalue weighted by atomic mass is 10.1. The smallest absolute Gasteiger partial charge is 0.152 e. The molecule has 2 rings (SSSR count). The molecule has 0 aliphatic carbocycles. The molecule has 1 saturated heterocycles. The van der Waals surface area contributed by atoms with Crippen LogP contribution in [0.1, 0.15) is 32.5 Å². The monoisotopic (exact) mass is 312 g/mol.